The number of hydrogen-bond donors (Lipinski definition) is 3. The zero-order valence-electron chi connectivity index (χ0n) is 15.9. The van der Waals surface area contributed by atoms with Crippen molar-refractivity contribution in [3.8, 4) is 11.1 Å². The maximum absolute atomic E-state index is 10.8. The predicted molar refractivity (Wildman–Crippen MR) is 107 cm³/mol. The Morgan fingerprint density at radius 3 is 2.65 bits per heavy atom. The minimum Gasteiger partial charge on any atom is -0.401 e. The molecule has 26 heavy (non-hydrogen) atoms. The van der Waals surface area contributed by atoms with Gasteiger partial charge in [0.1, 0.15) is 6.23 Å². The number of rotatable bonds is 9. The van der Waals surface area contributed by atoms with E-state index in [1.165, 1.54) is 0 Å². The lowest BCUT2D eigenvalue weighted by atomic mass is 10.0. The molecule has 0 aliphatic heterocycles. The van der Waals surface area contributed by atoms with E-state index in [-0.39, 0.29) is 5.92 Å². The minimum absolute atomic E-state index is 0.175. The van der Waals surface area contributed by atoms with E-state index in [4.69, 9.17) is 5.73 Å². The molecule has 0 aliphatic carbocycles. The molecular formula is C21H30N4O. The zero-order valence-corrected chi connectivity index (χ0v) is 15.9. The first kappa shape index (κ1) is 19.9. The highest BCUT2D eigenvalue weighted by atomic mass is 16.3. The number of nitrogens with zero attached hydrogens (tertiary/aromatic N) is 2. The molecule has 140 valence electrons. The Morgan fingerprint density at radius 1 is 1.27 bits per heavy atom. The lowest BCUT2D eigenvalue weighted by Gasteiger charge is -2.31. The van der Waals surface area contributed by atoms with E-state index < -0.39 is 6.23 Å². The van der Waals surface area contributed by atoms with Gasteiger partial charge in [-0.1, -0.05) is 44.2 Å². The molecule has 0 spiro atoms. The molecule has 0 aliphatic rings. The molecule has 4 N–H and O–H groups in total. The van der Waals surface area contributed by atoms with Gasteiger partial charge in [-0.15, -0.1) is 0 Å². The van der Waals surface area contributed by atoms with Crippen LogP contribution in [0.2, 0.25) is 0 Å². The summed E-state index contributed by atoms with van der Waals surface area (Å²) in [4.78, 5) is 6.52. The van der Waals surface area contributed by atoms with E-state index in [2.05, 4.69) is 35.4 Å². The van der Waals surface area contributed by atoms with E-state index in [0.29, 0.717) is 12.2 Å². The number of nitrogens with two attached hydrogens (primary N) is 1. The highest BCUT2D eigenvalue weighted by molar-refractivity contribution is 5.63. The normalized spacial score (nSPS) is 14.3. The van der Waals surface area contributed by atoms with Gasteiger partial charge in [-0.2, -0.15) is 0 Å². The van der Waals surface area contributed by atoms with Crippen molar-refractivity contribution in [2.45, 2.75) is 33.0 Å². The minimum atomic E-state index is -0.665. The molecular weight excluding hydrogens is 324 g/mol. The lowest BCUT2D eigenvalue weighted by molar-refractivity contribution is -0.0313. The molecule has 0 saturated carbocycles. The Bertz CT molecular complexity index is 702. The van der Waals surface area contributed by atoms with E-state index in [9.17, 15) is 5.11 Å². The van der Waals surface area contributed by atoms with Gasteiger partial charge < -0.3 is 16.2 Å². The second-order valence-electron chi connectivity index (χ2n) is 6.51. The van der Waals surface area contributed by atoms with Crippen LogP contribution < -0.4 is 11.1 Å². The summed E-state index contributed by atoms with van der Waals surface area (Å²) in [6.45, 7) is 5.39. The second-order valence-corrected chi connectivity index (χ2v) is 6.51. The van der Waals surface area contributed by atoms with E-state index >= 15 is 0 Å². The summed E-state index contributed by atoms with van der Waals surface area (Å²) in [6, 6.07) is 14.3. The van der Waals surface area contributed by atoms with Crippen LogP contribution in [0.4, 0.5) is 0 Å². The number of benzene rings is 1. The maximum atomic E-state index is 10.8. The highest BCUT2D eigenvalue weighted by Gasteiger charge is 2.24. The van der Waals surface area contributed by atoms with E-state index in [1.807, 2.05) is 42.3 Å². The third kappa shape index (κ3) is 5.31. The Labute approximate surface area is 156 Å². The summed E-state index contributed by atoms with van der Waals surface area (Å²) >= 11 is 0. The highest BCUT2D eigenvalue weighted by Crippen LogP contribution is 2.21. The molecule has 0 amide bonds. The fourth-order valence-electron chi connectivity index (χ4n) is 2.96. The SMILES string of the molecule is CCCN(Cc1cc(-c2ccccc2)ccn1)C(O)C(C)/C(N)=C/NC. The number of aliphatic hydroxyl groups is 1. The molecule has 5 nitrogen and oxygen atoms in total. The molecule has 1 aromatic heterocycles. The number of pyridine rings is 1. The average molecular weight is 354 g/mol. The number of nitrogens with one attached hydrogen (secondary N) is 1. The summed E-state index contributed by atoms with van der Waals surface area (Å²) in [5.41, 5.74) is 9.91. The van der Waals surface area contributed by atoms with E-state index in [1.54, 1.807) is 13.2 Å². The van der Waals surface area contributed by atoms with Crippen LogP contribution in [-0.2, 0) is 6.54 Å². The van der Waals surface area contributed by atoms with Crippen LogP contribution in [0.5, 0.6) is 0 Å². The fourth-order valence-corrected chi connectivity index (χ4v) is 2.96. The van der Waals surface area contributed by atoms with Crippen LogP contribution >= 0.6 is 0 Å². The van der Waals surface area contributed by atoms with Crippen LogP contribution in [0.3, 0.4) is 0 Å². The molecule has 2 rings (SSSR count). The summed E-state index contributed by atoms with van der Waals surface area (Å²) in [7, 11) is 1.80. The molecule has 0 fully saturated rings. The molecule has 5 heteroatoms. The smallest absolute Gasteiger partial charge is 0.115 e. The predicted octanol–water partition coefficient (Wildman–Crippen LogP) is 2.93. The average Bonchev–Trinajstić information content (AvgIpc) is 2.67. The fraction of sp³-hybridized carbons (Fsp3) is 0.381. The van der Waals surface area contributed by atoms with Gasteiger partial charge in [-0.25, -0.2) is 0 Å². The summed E-state index contributed by atoms with van der Waals surface area (Å²) in [5.74, 6) is -0.175. The first-order valence-electron chi connectivity index (χ1n) is 9.12. The van der Waals surface area contributed by atoms with Crippen molar-refractivity contribution in [1.29, 1.82) is 0 Å². The third-order valence-corrected chi connectivity index (χ3v) is 4.46. The van der Waals surface area contributed by atoms with Gasteiger partial charge in [0.15, 0.2) is 0 Å². The number of hydrogen-bond acceptors (Lipinski definition) is 5. The molecule has 2 atom stereocenters. The van der Waals surface area contributed by atoms with Crippen LogP contribution in [0.25, 0.3) is 11.1 Å². The van der Waals surface area contributed by atoms with Gasteiger partial charge in [0.2, 0.25) is 0 Å². The van der Waals surface area contributed by atoms with Crippen LogP contribution in [0, 0.1) is 5.92 Å². The van der Waals surface area contributed by atoms with Crippen molar-refractivity contribution in [3.05, 3.63) is 66.3 Å². The van der Waals surface area contributed by atoms with Crippen molar-refractivity contribution in [3.63, 3.8) is 0 Å². The van der Waals surface area contributed by atoms with Crippen molar-refractivity contribution in [1.82, 2.24) is 15.2 Å². The second kappa shape index (κ2) is 9.94. The Hall–Kier alpha value is -2.37. The van der Waals surface area contributed by atoms with Gasteiger partial charge in [0.25, 0.3) is 0 Å². The summed E-state index contributed by atoms with van der Waals surface area (Å²) in [5, 5.41) is 13.7. The maximum Gasteiger partial charge on any atom is 0.115 e. The lowest BCUT2D eigenvalue weighted by Crippen LogP contribution is -2.41. The molecule has 0 radical (unpaired) electrons. The van der Waals surface area contributed by atoms with Crippen LogP contribution in [-0.4, -0.2) is 34.8 Å². The van der Waals surface area contributed by atoms with E-state index in [0.717, 1.165) is 29.8 Å². The molecule has 0 bridgehead atoms. The van der Waals surface area contributed by atoms with Gasteiger partial charge in [-0.05, 0) is 29.7 Å². The first-order chi connectivity index (χ1) is 12.6. The van der Waals surface area contributed by atoms with Crippen LogP contribution in [0.15, 0.2) is 60.6 Å². The molecule has 1 aromatic carbocycles. The molecule has 0 saturated heterocycles. The molecule has 2 aromatic rings. The van der Waals surface area contributed by atoms with Gasteiger partial charge >= 0.3 is 0 Å². The van der Waals surface area contributed by atoms with Crippen molar-refractivity contribution in [2.75, 3.05) is 13.6 Å². The zero-order chi connectivity index (χ0) is 18.9. The molecule has 2 unspecified atom stereocenters. The van der Waals surface area contributed by atoms with Crippen molar-refractivity contribution >= 4 is 0 Å². The third-order valence-electron chi connectivity index (χ3n) is 4.46. The molecule has 1 heterocycles. The number of aliphatic hydroxyl groups excluding tert-OH is 1. The monoisotopic (exact) mass is 354 g/mol. The largest absolute Gasteiger partial charge is 0.401 e. The Balaban J connectivity index is 2.18. The first-order valence-corrected chi connectivity index (χ1v) is 9.12. The van der Waals surface area contributed by atoms with Crippen LogP contribution in [0.1, 0.15) is 26.0 Å². The van der Waals surface area contributed by atoms with Gasteiger partial charge in [-0.3, -0.25) is 9.88 Å². The standard InChI is InChI=1S/C21H30N4O/c1-4-12-25(21(26)16(2)20(22)14-23-3)15-19-13-18(10-11-24-19)17-8-6-5-7-9-17/h5-11,13-14,16,21,23,26H,4,12,15,22H2,1-3H3/b20-14-. The Morgan fingerprint density at radius 2 is 2.00 bits per heavy atom. The quantitative estimate of drug-likeness (QED) is 0.604. The van der Waals surface area contributed by atoms with Crippen molar-refractivity contribution < 1.29 is 5.11 Å². The van der Waals surface area contributed by atoms with Gasteiger partial charge in [0, 0.05) is 44.1 Å². The summed E-state index contributed by atoms with van der Waals surface area (Å²) < 4.78 is 0. The number of aromatic nitrogens is 1. The van der Waals surface area contributed by atoms with Gasteiger partial charge in [0.05, 0.1) is 5.69 Å². The van der Waals surface area contributed by atoms with Crippen molar-refractivity contribution in [2.24, 2.45) is 11.7 Å². The summed E-state index contributed by atoms with van der Waals surface area (Å²) in [6.07, 6.45) is 3.83. The Kier molecular flexibility index (Phi) is 7.63. The topological polar surface area (TPSA) is 74.4 Å².